The number of carbonyl (C=O) groups is 2. The van der Waals surface area contributed by atoms with Crippen molar-refractivity contribution in [2.75, 3.05) is 32.7 Å². The van der Waals surface area contributed by atoms with E-state index < -0.39 is 0 Å². The zero-order valence-corrected chi connectivity index (χ0v) is 18.5. The minimum absolute atomic E-state index is 0.0201. The Bertz CT molecular complexity index is 1020. The molecule has 8 heteroatoms. The van der Waals surface area contributed by atoms with E-state index in [-0.39, 0.29) is 17.9 Å². The number of hydrogen-bond acceptors (Lipinski definition) is 6. The number of carbonyl (C=O) groups excluding carboxylic acids is 2. The van der Waals surface area contributed by atoms with E-state index in [1.165, 1.54) is 11.3 Å². The van der Waals surface area contributed by atoms with Crippen molar-refractivity contribution in [3.63, 3.8) is 0 Å². The quantitative estimate of drug-likeness (QED) is 0.639. The molecule has 0 unspecified atom stereocenters. The average molecular weight is 439 g/mol. The number of benzene rings is 1. The molecule has 0 saturated carbocycles. The number of hydrogen-bond donors (Lipinski definition) is 1. The third-order valence-corrected chi connectivity index (χ3v) is 6.13. The highest BCUT2D eigenvalue weighted by atomic mass is 32.1. The second-order valence-electron chi connectivity index (χ2n) is 7.83. The van der Waals surface area contributed by atoms with Crippen molar-refractivity contribution in [2.45, 2.75) is 19.9 Å². The summed E-state index contributed by atoms with van der Waals surface area (Å²) in [6, 6.07) is 13.5. The summed E-state index contributed by atoms with van der Waals surface area (Å²) < 4.78 is 5.51. The maximum absolute atomic E-state index is 13.4. The molecule has 0 bridgehead atoms. The first-order valence-corrected chi connectivity index (χ1v) is 11.2. The molecule has 7 nitrogen and oxygen atoms in total. The van der Waals surface area contributed by atoms with Crippen molar-refractivity contribution in [3.05, 3.63) is 53.6 Å². The van der Waals surface area contributed by atoms with Crippen LogP contribution in [0.3, 0.4) is 0 Å². The summed E-state index contributed by atoms with van der Waals surface area (Å²) in [7, 11) is 0. The number of rotatable bonds is 6. The molecule has 2 aromatic heterocycles. The SMILES string of the molecule is CC(C)NC(=O)CN1CCN(C(=O)c2sc(-c3ccco3)nc2-c2ccccc2)CC1. The van der Waals surface area contributed by atoms with Crippen LogP contribution in [-0.2, 0) is 4.79 Å². The Morgan fingerprint density at radius 3 is 2.48 bits per heavy atom. The Kier molecular flexibility index (Phi) is 6.48. The number of nitrogens with one attached hydrogen (secondary N) is 1. The minimum Gasteiger partial charge on any atom is -0.462 e. The minimum atomic E-state index is -0.0274. The van der Waals surface area contributed by atoms with Crippen LogP contribution in [0, 0.1) is 0 Å². The largest absolute Gasteiger partial charge is 0.462 e. The molecule has 1 aliphatic rings. The fourth-order valence-electron chi connectivity index (χ4n) is 3.59. The highest BCUT2D eigenvalue weighted by Crippen LogP contribution is 2.35. The van der Waals surface area contributed by atoms with Crippen molar-refractivity contribution in [1.29, 1.82) is 0 Å². The van der Waals surface area contributed by atoms with Gasteiger partial charge < -0.3 is 14.6 Å². The van der Waals surface area contributed by atoms with Crippen LogP contribution in [0.1, 0.15) is 23.5 Å². The number of thiazole rings is 1. The van der Waals surface area contributed by atoms with Gasteiger partial charge in [-0.2, -0.15) is 0 Å². The van der Waals surface area contributed by atoms with Crippen molar-refractivity contribution in [2.24, 2.45) is 0 Å². The standard InChI is InChI=1S/C23H26N4O3S/c1-16(2)24-19(28)15-26-10-12-27(13-11-26)23(29)21-20(17-7-4-3-5-8-17)25-22(31-21)18-9-6-14-30-18/h3-9,14,16H,10-13,15H2,1-2H3,(H,24,28). The molecule has 2 amide bonds. The van der Waals surface area contributed by atoms with Crippen LogP contribution in [0.4, 0.5) is 0 Å². The Morgan fingerprint density at radius 1 is 1.10 bits per heavy atom. The molecule has 1 N–H and O–H groups in total. The first-order valence-electron chi connectivity index (χ1n) is 10.4. The zero-order chi connectivity index (χ0) is 21.8. The van der Waals surface area contributed by atoms with Gasteiger partial charge >= 0.3 is 0 Å². The first kappa shape index (κ1) is 21.3. The van der Waals surface area contributed by atoms with Gasteiger partial charge in [-0.05, 0) is 26.0 Å². The van der Waals surface area contributed by atoms with Crippen LogP contribution < -0.4 is 5.32 Å². The van der Waals surface area contributed by atoms with Gasteiger partial charge in [-0.15, -0.1) is 11.3 Å². The molecule has 3 aromatic rings. The van der Waals surface area contributed by atoms with Crippen LogP contribution in [-0.4, -0.2) is 65.4 Å². The van der Waals surface area contributed by atoms with Gasteiger partial charge in [0.25, 0.3) is 5.91 Å². The monoisotopic (exact) mass is 438 g/mol. The van der Waals surface area contributed by atoms with Gasteiger partial charge in [-0.25, -0.2) is 4.98 Å². The number of amides is 2. The zero-order valence-electron chi connectivity index (χ0n) is 17.7. The second-order valence-corrected chi connectivity index (χ2v) is 8.83. The van der Waals surface area contributed by atoms with Crippen molar-refractivity contribution < 1.29 is 14.0 Å². The molecule has 31 heavy (non-hydrogen) atoms. The normalized spacial score (nSPS) is 14.7. The van der Waals surface area contributed by atoms with Gasteiger partial charge in [-0.3, -0.25) is 14.5 Å². The first-order chi connectivity index (χ1) is 15.0. The molecule has 1 aromatic carbocycles. The second kappa shape index (κ2) is 9.45. The lowest BCUT2D eigenvalue weighted by Crippen LogP contribution is -2.51. The molecular formula is C23H26N4O3S. The molecule has 4 rings (SSSR count). The molecule has 0 spiro atoms. The van der Waals surface area contributed by atoms with Crippen LogP contribution in [0.2, 0.25) is 0 Å². The molecule has 1 saturated heterocycles. The van der Waals surface area contributed by atoms with Gasteiger partial charge in [0, 0.05) is 37.8 Å². The van der Waals surface area contributed by atoms with Gasteiger partial charge in [0.15, 0.2) is 10.8 Å². The van der Waals surface area contributed by atoms with E-state index in [9.17, 15) is 9.59 Å². The molecule has 162 valence electrons. The fraction of sp³-hybridized carbons (Fsp3) is 0.348. The fourth-order valence-corrected chi connectivity index (χ4v) is 4.61. The highest BCUT2D eigenvalue weighted by molar-refractivity contribution is 7.17. The maximum atomic E-state index is 13.4. The average Bonchev–Trinajstić information content (AvgIpc) is 3.44. The van der Waals surface area contributed by atoms with E-state index >= 15 is 0 Å². The Hall–Kier alpha value is -2.97. The molecule has 3 heterocycles. The molecule has 1 aliphatic heterocycles. The lowest BCUT2D eigenvalue weighted by Gasteiger charge is -2.34. The molecular weight excluding hydrogens is 412 g/mol. The number of nitrogens with zero attached hydrogens (tertiary/aromatic N) is 3. The highest BCUT2D eigenvalue weighted by Gasteiger charge is 2.28. The summed E-state index contributed by atoms with van der Waals surface area (Å²) in [5, 5.41) is 3.61. The predicted molar refractivity (Wildman–Crippen MR) is 121 cm³/mol. The van der Waals surface area contributed by atoms with E-state index in [0.717, 1.165) is 5.56 Å². The lowest BCUT2D eigenvalue weighted by molar-refractivity contribution is -0.123. The van der Waals surface area contributed by atoms with E-state index in [2.05, 4.69) is 10.2 Å². The summed E-state index contributed by atoms with van der Waals surface area (Å²) in [5.74, 6) is 0.648. The van der Waals surface area contributed by atoms with Gasteiger partial charge in [-0.1, -0.05) is 30.3 Å². The van der Waals surface area contributed by atoms with Gasteiger partial charge in [0.1, 0.15) is 4.88 Å². The number of aromatic nitrogens is 1. The molecule has 0 radical (unpaired) electrons. The summed E-state index contributed by atoms with van der Waals surface area (Å²) in [4.78, 5) is 34.7. The van der Waals surface area contributed by atoms with Crippen molar-refractivity contribution in [1.82, 2.24) is 20.1 Å². The van der Waals surface area contributed by atoms with E-state index in [1.54, 1.807) is 6.26 Å². The third-order valence-electron chi connectivity index (χ3n) is 5.08. The molecule has 0 atom stereocenters. The van der Waals surface area contributed by atoms with Gasteiger partial charge in [0.2, 0.25) is 5.91 Å². The molecule has 1 fully saturated rings. The summed E-state index contributed by atoms with van der Waals surface area (Å²) >= 11 is 1.36. The summed E-state index contributed by atoms with van der Waals surface area (Å²) in [5.41, 5.74) is 1.59. The maximum Gasteiger partial charge on any atom is 0.266 e. The Labute approximate surface area is 185 Å². The predicted octanol–water partition coefficient (Wildman–Crippen LogP) is 3.35. The lowest BCUT2D eigenvalue weighted by atomic mass is 10.1. The van der Waals surface area contributed by atoms with E-state index in [4.69, 9.17) is 9.40 Å². The van der Waals surface area contributed by atoms with Crippen LogP contribution in [0.5, 0.6) is 0 Å². The number of furan rings is 1. The van der Waals surface area contributed by atoms with Gasteiger partial charge in [0.05, 0.1) is 18.5 Å². The van der Waals surface area contributed by atoms with Crippen LogP contribution >= 0.6 is 11.3 Å². The summed E-state index contributed by atoms with van der Waals surface area (Å²) in [6.07, 6.45) is 1.61. The Balaban J connectivity index is 1.50. The topological polar surface area (TPSA) is 78.7 Å². The smallest absolute Gasteiger partial charge is 0.266 e. The van der Waals surface area contributed by atoms with Crippen molar-refractivity contribution in [3.8, 4) is 22.0 Å². The summed E-state index contributed by atoms with van der Waals surface area (Å²) in [6.45, 7) is 6.75. The van der Waals surface area contributed by atoms with E-state index in [1.807, 2.05) is 61.2 Å². The third kappa shape index (κ3) is 5.03. The van der Waals surface area contributed by atoms with Crippen LogP contribution in [0.15, 0.2) is 53.1 Å². The van der Waals surface area contributed by atoms with Crippen LogP contribution in [0.25, 0.3) is 22.0 Å². The van der Waals surface area contributed by atoms with E-state index in [0.29, 0.717) is 54.1 Å². The molecule has 0 aliphatic carbocycles. The Morgan fingerprint density at radius 2 is 1.84 bits per heavy atom. The van der Waals surface area contributed by atoms with Crippen molar-refractivity contribution >= 4 is 23.2 Å². The number of piperazine rings is 1.